The van der Waals surface area contributed by atoms with E-state index >= 15 is 0 Å². The molecule has 2 atom stereocenters. The summed E-state index contributed by atoms with van der Waals surface area (Å²) in [5.41, 5.74) is -0.922. The van der Waals surface area contributed by atoms with Crippen molar-refractivity contribution in [2.75, 3.05) is 0 Å². The Bertz CT molecular complexity index is 291. The van der Waals surface area contributed by atoms with Crippen molar-refractivity contribution in [3.05, 3.63) is 0 Å². The van der Waals surface area contributed by atoms with Crippen LogP contribution in [0.15, 0.2) is 0 Å². The summed E-state index contributed by atoms with van der Waals surface area (Å²) in [6.45, 7) is 13.8. The second-order valence-corrected chi connectivity index (χ2v) is 7.62. The van der Waals surface area contributed by atoms with Crippen LogP contribution in [0.3, 0.4) is 0 Å². The third kappa shape index (κ3) is 3.29. The molecule has 0 saturated carbocycles. The fraction of sp³-hybridized carbons (Fsp3) is 1.00. The molecule has 1 N–H and O–H groups in total. The minimum atomic E-state index is -1.10. The molecule has 7 heteroatoms. The number of hydrogen-bond acceptors (Lipinski definition) is 4. The average molecular weight is 274 g/mol. The zero-order chi connectivity index (χ0) is 14.4. The molecule has 0 radical (unpaired) electrons. The van der Waals surface area contributed by atoms with E-state index in [1.54, 1.807) is 0 Å². The first kappa shape index (κ1) is 16.5. The molecule has 1 fully saturated rings. The van der Waals surface area contributed by atoms with E-state index in [1.165, 1.54) is 0 Å². The average Bonchev–Trinajstić information content (AvgIpc) is 2.35. The predicted molar refractivity (Wildman–Crippen MR) is 78.1 cm³/mol. The lowest BCUT2D eigenvalue weighted by molar-refractivity contribution is 0.00578. The van der Waals surface area contributed by atoms with E-state index in [-0.39, 0.29) is 5.92 Å². The van der Waals surface area contributed by atoms with Crippen molar-refractivity contribution in [2.24, 2.45) is 5.92 Å². The van der Waals surface area contributed by atoms with Crippen molar-refractivity contribution >= 4 is 23.3 Å². The van der Waals surface area contributed by atoms with Crippen LogP contribution in [-0.2, 0) is 14.0 Å². The van der Waals surface area contributed by atoms with Crippen LogP contribution in [0.5, 0.6) is 0 Å². The highest BCUT2D eigenvalue weighted by molar-refractivity contribution is 7.19. The van der Waals surface area contributed by atoms with Gasteiger partial charge in [0.15, 0.2) is 0 Å². The van der Waals surface area contributed by atoms with Gasteiger partial charge < -0.3 is 19.0 Å². The summed E-state index contributed by atoms with van der Waals surface area (Å²) in [5.74, 6) is 0.250. The Morgan fingerprint density at radius 2 is 1.61 bits per heavy atom. The van der Waals surface area contributed by atoms with Gasteiger partial charge in [-0.05, 0) is 40.5 Å². The summed E-state index contributed by atoms with van der Waals surface area (Å²) in [7, 11) is 0.764. The Morgan fingerprint density at radius 1 is 1.22 bits per heavy atom. The van der Waals surface area contributed by atoms with Gasteiger partial charge in [-0.2, -0.15) is 0 Å². The highest BCUT2D eigenvalue weighted by atomic mass is 31.0. The molecular weight excluding hydrogens is 249 g/mol. The van der Waals surface area contributed by atoms with E-state index in [1.807, 2.05) is 48.5 Å². The molecule has 1 aliphatic heterocycles. The minimum Gasteiger partial charge on any atom is -0.429 e. The molecule has 1 aliphatic rings. The summed E-state index contributed by atoms with van der Waals surface area (Å²) in [4.78, 5) is 0. The molecule has 0 aromatic rings. The maximum atomic E-state index is 10.1. The highest BCUT2D eigenvalue weighted by Crippen LogP contribution is 2.38. The molecule has 0 bridgehead atoms. The number of hydrogen-bond donors (Lipinski definition) is 1. The van der Waals surface area contributed by atoms with Gasteiger partial charge in [-0.25, -0.2) is 0 Å². The Kier molecular flexibility index (Phi) is 4.63. The van der Waals surface area contributed by atoms with Gasteiger partial charge in [0.2, 0.25) is 0 Å². The van der Waals surface area contributed by atoms with Crippen molar-refractivity contribution in [2.45, 2.75) is 65.0 Å². The Morgan fingerprint density at radius 3 is 1.94 bits per heavy atom. The maximum Gasteiger partial charge on any atom is 0.488 e. The topological polar surface area (TPSA) is 47.9 Å². The van der Waals surface area contributed by atoms with E-state index < -0.39 is 30.6 Å². The third-order valence-electron chi connectivity index (χ3n) is 4.03. The lowest BCUT2D eigenvalue weighted by atomic mass is 9.49. The van der Waals surface area contributed by atoms with E-state index in [2.05, 4.69) is 9.24 Å². The summed E-state index contributed by atoms with van der Waals surface area (Å²) in [5, 5.41) is 9.60. The van der Waals surface area contributed by atoms with Crippen LogP contribution in [0.2, 0.25) is 0 Å². The molecule has 0 amide bonds. The van der Waals surface area contributed by atoms with Gasteiger partial charge in [0, 0.05) is 0 Å². The Hall–Kier alpha value is 0.400. The second-order valence-electron chi connectivity index (χ2n) is 6.47. The van der Waals surface area contributed by atoms with Gasteiger partial charge in [0.1, 0.15) is 0 Å². The molecule has 18 heavy (non-hydrogen) atoms. The van der Waals surface area contributed by atoms with Crippen LogP contribution in [0.4, 0.5) is 0 Å². The van der Waals surface area contributed by atoms with Crippen LogP contribution in [0.1, 0.15) is 48.5 Å². The van der Waals surface area contributed by atoms with Crippen molar-refractivity contribution < 1.29 is 19.0 Å². The van der Waals surface area contributed by atoms with Gasteiger partial charge >= 0.3 is 14.0 Å². The van der Waals surface area contributed by atoms with Crippen molar-refractivity contribution in [1.82, 2.24) is 0 Å². The largest absolute Gasteiger partial charge is 0.488 e. The normalized spacial score (nSPS) is 25.3. The molecule has 4 nitrogen and oxygen atoms in total. The first-order valence-corrected chi connectivity index (χ1v) is 6.97. The summed E-state index contributed by atoms with van der Waals surface area (Å²) in [6, 6.07) is 0. The standard InChI is InChI=1S/C11H25B2O4P/c1-8(2)11(7,18)17-12(14)13-15-9(3,4)10(5,6)16-13/h8,14H,18H2,1-7H3. The molecule has 1 heterocycles. The van der Waals surface area contributed by atoms with E-state index in [0.717, 1.165) is 0 Å². The number of rotatable bonds is 4. The molecule has 1 saturated heterocycles. The molecule has 1 rings (SSSR count). The molecule has 0 spiro atoms. The van der Waals surface area contributed by atoms with Crippen LogP contribution in [-0.4, -0.2) is 35.6 Å². The maximum absolute atomic E-state index is 10.1. The Balaban J connectivity index is 2.69. The summed E-state index contributed by atoms with van der Waals surface area (Å²) >= 11 is 0. The molecular formula is C11H25B2O4P. The minimum absolute atomic E-state index is 0.250. The third-order valence-corrected chi connectivity index (χ3v) is 4.83. The van der Waals surface area contributed by atoms with Crippen molar-refractivity contribution in [3.63, 3.8) is 0 Å². The quantitative estimate of drug-likeness (QED) is 0.628. The molecule has 104 valence electrons. The lowest BCUT2D eigenvalue weighted by Crippen LogP contribution is -2.47. The Labute approximate surface area is 114 Å². The fourth-order valence-corrected chi connectivity index (χ4v) is 1.60. The molecule has 0 aliphatic carbocycles. The van der Waals surface area contributed by atoms with Crippen LogP contribution < -0.4 is 0 Å². The highest BCUT2D eigenvalue weighted by Gasteiger charge is 2.57. The molecule has 0 aromatic heterocycles. The molecule has 0 aromatic carbocycles. The fourth-order valence-electron chi connectivity index (χ4n) is 1.46. The zero-order valence-corrected chi connectivity index (χ0v) is 13.6. The van der Waals surface area contributed by atoms with Gasteiger partial charge in [-0.1, -0.05) is 13.8 Å². The first-order chi connectivity index (χ1) is 7.89. The summed E-state index contributed by atoms with van der Waals surface area (Å²) < 4.78 is 17.1. The summed E-state index contributed by atoms with van der Waals surface area (Å²) in [6.07, 6.45) is 0. The smallest absolute Gasteiger partial charge is 0.429 e. The van der Waals surface area contributed by atoms with E-state index in [4.69, 9.17) is 14.0 Å². The van der Waals surface area contributed by atoms with Gasteiger partial charge in [0.05, 0.1) is 16.5 Å². The van der Waals surface area contributed by atoms with Crippen LogP contribution >= 0.6 is 9.24 Å². The zero-order valence-electron chi connectivity index (χ0n) is 12.5. The molecule has 2 unspecified atom stereocenters. The lowest BCUT2D eigenvalue weighted by Gasteiger charge is -2.32. The van der Waals surface area contributed by atoms with Crippen molar-refractivity contribution in [3.8, 4) is 0 Å². The van der Waals surface area contributed by atoms with Gasteiger partial charge in [-0.15, -0.1) is 9.24 Å². The van der Waals surface area contributed by atoms with Crippen LogP contribution in [0, 0.1) is 5.92 Å². The van der Waals surface area contributed by atoms with Crippen molar-refractivity contribution in [1.29, 1.82) is 0 Å². The van der Waals surface area contributed by atoms with Gasteiger partial charge in [-0.3, -0.25) is 0 Å². The predicted octanol–water partition coefficient (Wildman–Crippen LogP) is 1.90. The van der Waals surface area contributed by atoms with E-state index in [0.29, 0.717) is 0 Å². The second kappa shape index (κ2) is 5.06. The monoisotopic (exact) mass is 274 g/mol. The SMILES string of the molecule is CC(C)C(C)(P)OB(O)B1OC(C)(C)C(C)(C)O1. The van der Waals surface area contributed by atoms with Crippen LogP contribution in [0.25, 0.3) is 0 Å². The first-order valence-electron chi connectivity index (χ1n) is 6.39. The van der Waals surface area contributed by atoms with E-state index in [9.17, 15) is 5.02 Å². The van der Waals surface area contributed by atoms with Gasteiger partial charge in [0.25, 0.3) is 0 Å².